The zero-order valence-corrected chi connectivity index (χ0v) is 17.2. The molecule has 0 saturated carbocycles. The first-order chi connectivity index (χ1) is 14.4. The molecule has 2 aromatic rings. The summed E-state index contributed by atoms with van der Waals surface area (Å²) in [5.74, 6) is -1.09. The highest BCUT2D eigenvalue weighted by atomic mass is 19.1. The highest BCUT2D eigenvalue weighted by Gasteiger charge is 2.53. The highest BCUT2D eigenvalue weighted by molar-refractivity contribution is 5.82. The summed E-state index contributed by atoms with van der Waals surface area (Å²) in [5, 5.41) is 10.6. The van der Waals surface area contributed by atoms with E-state index < -0.39 is 18.1 Å². The van der Waals surface area contributed by atoms with Gasteiger partial charge in [-0.05, 0) is 55.3 Å². The van der Waals surface area contributed by atoms with Gasteiger partial charge in [0.15, 0.2) is 0 Å². The van der Waals surface area contributed by atoms with Crippen molar-refractivity contribution in [1.29, 1.82) is 0 Å². The van der Waals surface area contributed by atoms with E-state index in [4.69, 9.17) is 4.74 Å². The van der Waals surface area contributed by atoms with Crippen LogP contribution in [0, 0.1) is 17.6 Å². The third-order valence-electron chi connectivity index (χ3n) is 6.60. The van der Waals surface area contributed by atoms with E-state index in [1.54, 1.807) is 24.3 Å². The number of piperidine rings is 1. The summed E-state index contributed by atoms with van der Waals surface area (Å²) in [6.45, 7) is 1.82. The topological polar surface area (TPSA) is 49.8 Å². The molecule has 2 unspecified atom stereocenters. The van der Waals surface area contributed by atoms with E-state index in [1.807, 2.05) is 14.0 Å². The average molecular weight is 415 g/mol. The predicted octanol–water partition coefficient (Wildman–Crippen LogP) is 3.87. The number of aliphatic hydroxyl groups excluding tert-OH is 1. The maximum atomic E-state index is 13.5. The fraction of sp³-hybridized carbons (Fsp3) is 0.458. The van der Waals surface area contributed by atoms with Gasteiger partial charge in [-0.3, -0.25) is 9.69 Å². The van der Waals surface area contributed by atoms with Crippen molar-refractivity contribution in [2.45, 2.75) is 56.6 Å². The highest BCUT2D eigenvalue weighted by Crippen LogP contribution is 2.43. The Morgan fingerprint density at radius 1 is 1.07 bits per heavy atom. The van der Waals surface area contributed by atoms with Gasteiger partial charge in [-0.15, -0.1) is 0 Å². The number of nitrogens with zero attached hydrogens (tertiary/aromatic N) is 1. The first-order valence-corrected chi connectivity index (χ1v) is 10.5. The second-order valence-electron chi connectivity index (χ2n) is 8.35. The van der Waals surface area contributed by atoms with Crippen LogP contribution in [0.3, 0.4) is 0 Å². The summed E-state index contributed by atoms with van der Waals surface area (Å²) < 4.78 is 33.6. The van der Waals surface area contributed by atoms with Crippen LogP contribution in [-0.2, 0) is 9.53 Å². The summed E-state index contributed by atoms with van der Waals surface area (Å²) in [6.07, 6.45) is 0.0868. The number of fused-ring (bicyclic) bond motifs is 2. The minimum Gasteiger partial charge on any atom is -0.391 e. The Bertz CT molecular complexity index is 841. The molecule has 2 bridgehead atoms. The molecule has 4 rings (SSSR count). The van der Waals surface area contributed by atoms with Gasteiger partial charge in [0.25, 0.3) is 0 Å². The van der Waals surface area contributed by atoms with Crippen LogP contribution in [0.1, 0.15) is 43.4 Å². The number of hydrogen-bond donors (Lipinski definition) is 1. The molecule has 5 atom stereocenters. The van der Waals surface area contributed by atoms with Gasteiger partial charge in [-0.25, -0.2) is 8.78 Å². The molecule has 0 aliphatic carbocycles. The molecule has 0 aromatic heterocycles. The SMILES string of the molecule is CCC(=O)[C@H]1[C@H](OC(c2ccc(F)cc2)c2ccc(F)cc2)CC2CC(O)[C@@H]1N2C. The van der Waals surface area contributed by atoms with Crippen LogP contribution in [-0.4, -0.2) is 47.1 Å². The van der Waals surface area contributed by atoms with Crippen molar-refractivity contribution in [3.05, 3.63) is 71.3 Å². The van der Waals surface area contributed by atoms with E-state index in [1.165, 1.54) is 24.3 Å². The lowest BCUT2D eigenvalue weighted by Gasteiger charge is -2.43. The molecule has 30 heavy (non-hydrogen) atoms. The summed E-state index contributed by atoms with van der Waals surface area (Å²) >= 11 is 0. The number of ketones is 1. The number of likely N-dealkylation sites (N-methyl/N-ethyl adjacent to an activating group) is 1. The van der Waals surface area contributed by atoms with Crippen molar-refractivity contribution < 1.29 is 23.4 Å². The fourth-order valence-corrected chi connectivity index (χ4v) is 5.06. The van der Waals surface area contributed by atoms with Crippen molar-refractivity contribution in [3.63, 3.8) is 0 Å². The minimum absolute atomic E-state index is 0.0632. The predicted molar refractivity (Wildman–Crippen MR) is 109 cm³/mol. The average Bonchev–Trinajstić information content (AvgIpc) is 2.92. The lowest BCUT2D eigenvalue weighted by atomic mass is 9.82. The minimum atomic E-state index is -0.566. The van der Waals surface area contributed by atoms with Gasteiger partial charge in [-0.2, -0.15) is 0 Å². The van der Waals surface area contributed by atoms with Crippen LogP contribution in [0.4, 0.5) is 8.78 Å². The maximum absolute atomic E-state index is 13.5. The maximum Gasteiger partial charge on any atom is 0.139 e. The first kappa shape index (κ1) is 21.1. The van der Waals surface area contributed by atoms with Crippen LogP contribution in [0.15, 0.2) is 48.5 Å². The van der Waals surface area contributed by atoms with Gasteiger partial charge >= 0.3 is 0 Å². The Morgan fingerprint density at radius 3 is 2.10 bits per heavy atom. The summed E-state index contributed by atoms with van der Waals surface area (Å²) in [7, 11) is 1.95. The summed E-state index contributed by atoms with van der Waals surface area (Å²) in [4.78, 5) is 15.0. The van der Waals surface area contributed by atoms with Crippen molar-refractivity contribution >= 4 is 5.78 Å². The normalized spacial score (nSPS) is 28.8. The number of rotatable bonds is 6. The van der Waals surface area contributed by atoms with Crippen molar-refractivity contribution in [2.75, 3.05) is 7.05 Å². The fourth-order valence-electron chi connectivity index (χ4n) is 5.06. The molecule has 2 aromatic carbocycles. The van der Waals surface area contributed by atoms with Crippen molar-refractivity contribution in [1.82, 2.24) is 4.90 Å². The smallest absolute Gasteiger partial charge is 0.139 e. The first-order valence-electron chi connectivity index (χ1n) is 10.5. The molecule has 160 valence electrons. The molecule has 0 spiro atoms. The lowest BCUT2D eigenvalue weighted by Crippen LogP contribution is -2.55. The van der Waals surface area contributed by atoms with Gasteiger partial charge in [0.05, 0.1) is 18.1 Å². The molecule has 2 saturated heterocycles. The van der Waals surface area contributed by atoms with Gasteiger partial charge in [0.1, 0.15) is 23.5 Å². The van der Waals surface area contributed by atoms with Crippen molar-refractivity contribution in [2.24, 2.45) is 5.92 Å². The molecule has 2 heterocycles. The second-order valence-corrected chi connectivity index (χ2v) is 8.35. The van der Waals surface area contributed by atoms with Gasteiger partial charge < -0.3 is 9.84 Å². The van der Waals surface area contributed by atoms with Crippen LogP contribution >= 0.6 is 0 Å². The van der Waals surface area contributed by atoms with Crippen LogP contribution in [0.2, 0.25) is 0 Å². The van der Waals surface area contributed by atoms with E-state index in [9.17, 15) is 18.7 Å². The Morgan fingerprint density at radius 2 is 1.60 bits per heavy atom. The quantitative estimate of drug-likeness (QED) is 0.778. The third-order valence-corrected chi connectivity index (χ3v) is 6.60. The van der Waals surface area contributed by atoms with Crippen LogP contribution in [0.5, 0.6) is 0 Å². The Balaban J connectivity index is 1.70. The zero-order valence-electron chi connectivity index (χ0n) is 17.2. The number of aliphatic hydroxyl groups is 1. The number of benzene rings is 2. The third kappa shape index (κ3) is 3.92. The summed E-state index contributed by atoms with van der Waals surface area (Å²) in [6, 6.07) is 11.9. The van der Waals surface area contributed by atoms with E-state index in [2.05, 4.69) is 4.90 Å². The number of carbonyl (C=O) groups excluding carboxylic acids is 1. The largest absolute Gasteiger partial charge is 0.391 e. The van der Waals surface area contributed by atoms with E-state index in [0.717, 1.165) is 11.1 Å². The van der Waals surface area contributed by atoms with Crippen molar-refractivity contribution in [3.8, 4) is 0 Å². The zero-order chi connectivity index (χ0) is 21.4. The van der Waals surface area contributed by atoms with E-state index in [0.29, 0.717) is 19.3 Å². The number of carbonyl (C=O) groups is 1. The number of Topliss-reactive ketones (excluding diaryl/α,β-unsaturated/α-hetero) is 1. The molecule has 2 fully saturated rings. The Kier molecular flexibility index (Phi) is 6.00. The molecular formula is C24H27F2NO3. The van der Waals surface area contributed by atoms with Gasteiger partial charge in [0.2, 0.25) is 0 Å². The molecule has 2 aliphatic rings. The molecule has 6 heteroatoms. The van der Waals surface area contributed by atoms with Crippen LogP contribution in [0.25, 0.3) is 0 Å². The second kappa shape index (κ2) is 8.53. The Labute approximate surface area is 175 Å². The molecule has 0 amide bonds. The summed E-state index contributed by atoms with van der Waals surface area (Å²) in [5.41, 5.74) is 1.47. The monoisotopic (exact) mass is 415 g/mol. The standard InChI is InChI=1S/C24H27F2NO3/c1-3-19(28)22-21(13-18-12-20(29)23(22)27(18)2)30-24(14-4-8-16(25)9-5-14)15-6-10-17(26)11-7-15/h4-11,18,20-24,29H,3,12-13H2,1-2H3/t18?,20?,21-,22+,23+/m1/s1. The Hall–Kier alpha value is -2.15. The van der Waals surface area contributed by atoms with Gasteiger partial charge in [0, 0.05) is 18.5 Å². The molecule has 2 aliphatic heterocycles. The van der Waals surface area contributed by atoms with Crippen LogP contribution < -0.4 is 0 Å². The number of halogens is 2. The van der Waals surface area contributed by atoms with Gasteiger partial charge in [-0.1, -0.05) is 31.2 Å². The number of hydrogen-bond acceptors (Lipinski definition) is 4. The molecule has 1 N–H and O–H groups in total. The lowest BCUT2D eigenvalue weighted by molar-refractivity contribution is -0.142. The van der Waals surface area contributed by atoms with E-state index >= 15 is 0 Å². The molecule has 0 radical (unpaired) electrons. The number of ether oxygens (including phenoxy) is 1. The molecular weight excluding hydrogens is 388 g/mol. The van der Waals surface area contributed by atoms with E-state index in [-0.39, 0.29) is 35.6 Å². The molecule has 4 nitrogen and oxygen atoms in total.